The molecule has 6 heteroatoms. The average molecular weight is 363 g/mol. The van der Waals surface area contributed by atoms with Crippen LogP contribution in [0.15, 0.2) is 40.8 Å². The standard InChI is InChI=1S/C21H21N3O3/c1-12-5-4-6-17(13(12)2)23-21(26)15-9-20(25)24(11-15)16-7-8-19-18(10-16)22-14(3)27-19/h4-8,10,15H,9,11H2,1-3H3,(H,23,26)/t15-/m1/s1. The van der Waals surface area contributed by atoms with Crippen molar-refractivity contribution in [1.29, 1.82) is 0 Å². The number of anilines is 2. The summed E-state index contributed by atoms with van der Waals surface area (Å²) in [7, 11) is 0. The van der Waals surface area contributed by atoms with Gasteiger partial charge in [-0.3, -0.25) is 9.59 Å². The fraction of sp³-hybridized carbons (Fsp3) is 0.286. The molecule has 1 saturated heterocycles. The lowest BCUT2D eigenvalue weighted by molar-refractivity contribution is -0.122. The molecule has 1 atom stereocenters. The third kappa shape index (κ3) is 3.18. The van der Waals surface area contributed by atoms with E-state index >= 15 is 0 Å². The summed E-state index contributed by atoms with van der Waals surface area (Å²) in [4.78, 5) is 31.2. The van der Waals surface area contributed by atoms with Crippen molar-refractivity contribution >= 4 is 34.3 Å². The van der Waals surface area contributed by atoms with Crippen molar-refractivity contribution in [2.75, 3.05) is 16.8 Å². The van der Waals surface area contributed by atoms with E-state index in [4.69, 9.17) is 4.42 Å². The summed E-state index contributed by atoms with van der Waals surface area (Å²) in [6.07, 6.45) is 0.201. The number of amides is 2. The second-order valence-electron chi connectivity index (χ2n) is 7.03. The maximum absolute atomic E-state index is 12.7. The molecule has 138 valence electrons. The zero-order valence-corrected chi connectivity index (χ0v) is 15.6. The first-order chi connectivity index (χ1) is 12.9. The molecule has 2 amide bonds. The summed E-state index contributed by atoms with van der Waals surface area (Å²) < 4.78 is 5.48. The van der Waals surface area contributed by atoms with E-state index in [1.807, 2.05) is 44.2 Å². The third-order valence-corrected chi connectivity index (χ3v) is 5.15. The lowest BCUT2D eigenvalue weighted by Gasteiger charge is -2.17. The van der Waals surface area contributed by atoms with Crippen LogP contribution >= 0.6 is 0 Å². The molecule has 0 bridgehead atoms. The van der Waals surface area contributed by atoms with Gasteiger partial charge in [0.1, 0.15) is 5.52 Å². The number of fused-ring (bicyclic) bond motifs is 1. The van der Waals surface area contributed by atoms with Gasteiger partial charge in [-0.25, -0.2) is 4.98 Å². The van der Waals surface area contributed by atoms with Crippen LogP contribution in [0.25, 0.3) is 11.1 Å². The zero-order chi connectivity index (χ0) is 19.1. The normalized spacial score (nSPS) is 16.9. The van der Waals surface area contributed by atoms with Crippen molar-refractivity contribution in [3.05, 3.63) is 53.4 Å². The van der Waals surface area contributed by atoms with Gasteiger partial charge >= 0.3 is 0 Å². The van der Waals surface area contributed by atoms with Crippen molar-refractivity contribution in [2.24, 2.45) is 5.92 Å². The van der Waals surface area contributed by atoms with Gasteiger partial charge in [0.15, 0.2) is 11.5 Å². The smallest absolute Gasteiger partial charge is 0.229 e. The Hall–Kier alpha value is -3.15. The van der Waals surface area contributed by atoms with Gasteiger partial charge in [-0.1, -0.05) is 12.1 Å². The van der Waals surface area contributed by atoms with E-state index in [-0.39, 0.29) is 24.2 Å². The Morgan fingerprint density at radius 2 is 2.04 bits per heavy atom. The molecule has 0 unspecified atom stereocenters. The largest absolute Gasteiger partial charge is 0.441 e. The molecule has 1 N–H and O–H groups in total. The summed E-state index contributed by atoms with van der Waals surface area (Å²) in [5, 5.41) is 2.97. The van der Waals surface area contributed by atoms with E-state index in [2.05, 4.69) is 10.3 Å². The molecular formula is C21H21N3O3. The Bertz CT molecular complexity index is 1050. The summed E-state index contributed by atoms with van der Waals surface area (Å²) in [6.45, 7) is 6.13. The van der Waals surface area contributed by atoms with Gasteiger partial charge in [-0.05, 0) is 49.2 Å². The van der Waals surface area contributed by atoms with Crippen LogP contribution in [0, 0.1) is 26.7 Å². The van der Waals surface area contributed by atoms with Crippen LogP contribution in [0.3, 0.4) is 0 Å². The number of carbonyl (C=O) groups is 2. The van der Waals surface area contributed by atoms with Crippen LogP contribution in [-0.2, 0) is 9.59 Å². The third-order valence-electron chi connectivity index (χ3n) is 5.15. The fourth-order valence-corrected chi connectivity index (χ4v) is 3.45. The Kier molecular flexibility index (Phi) is 4.18. The number of oxazole rings is 1. The lowest BCUT2D eigenvalue weighted by Crippen LogP contribution is -2.28. The number of benzene rings is 2. The van der Waals surface area contributed by atoms with Crippen LogP contribution in [-0.4, -0.2) is 23.3 Å². The first-order valence-electron chi connectivity index (χ1n) is 8.97. The van der Waals surface area contributed by atoms with Crippen LogP contribution in [0.4, 0.5) is 11.4 Å². The van der Waals surface area contributed by atoms with Gasteiger partial charge < -0.3 is 14.6 Å². The Morgan fingerprint density at radius 1 is 1.22 bits per heavy atom. The fourth-order valence-electron chi connectivity index (χ4n) is 3.45. The van der Waals surface area contributed by atoms with Gasteiger partial charge in [0.05, 0.1) is 5.92 Å². The first kappa shape index (κ1) is 17.3. The monoisotopic (exact) mass is 363 g/mol. The number of carbonyl (C=O) groups excluding carboxylic acids is 2. The summed E-state index contributed by atoms with van der Waals surface area (Å²) in [5.74, 6) is 0.0152. The maximum Gasteiger partial charge on any atom is 0.229 e. The van der Waals surface area contributed by atoms with E-state index in [0.717, 1.165) is 22.5 Å². The minimum Gasteiger partial charge on any atom is -0.441 e. The van der Waals surface area contributed by atoms with E-state index in [1.54, 1.807) is 17.9 Å². The molecule has 0 aliphatic carbocycles. The molecule has 0 spiro atoms. The zero-order valence-electron chi connectivity index (χ0n) is 15.6. The van der Waals surface area contributed by atoms with Crippen molar-refractivity contribution < 1.29 is 14.0 Å². The highest BCUT2D eigenvalue weighted by Crippen LogP contribution is 2.29. The quantitative estimate of drug-likeness (QED) is 0.769. The molecule has 1 aromatic heterocycles. The minimum absolute atomic E-state index is 0.0596. The molecule has 1 aliphatic heterocycles. The number of aryl methyl sites for hydroxylation is 2. The van der Waals surface area contributed by atoms with Crippen molar-refractivity contribution in [3.63, 3.8) is 0 Å². The highest BCUT2D eigenvalue weighted by molar-refractivity contribution is 6.04. The van der Waals surface area contributed by atoms with E-state index in [0.29, 0.717) is 23.5 Å². The highest BCUT2D eigenvalue weighted by Gasteiger charge is 2.35. The average Bonchev–Trinajstić information content (AvgIpc) is 3.20. The number of nitrogens with one attached hydrogen (secondary N) is 1. The van der Waals surface area contributed by atoms with Crippen LogP contribution < -0.4 is 10.2 Å². The lowest BCUT2D eigenvalue weighted by atomic mass is 10.1. The Labute approximate surface area is 157 Å². The van der Waals surface area contributed by atoms with Crippen molar-refractivity contribution in [3.8, 4) is 0 Å². The predicted molar refractivity (Wildman–Crippen MR) is 104 cm³/mol. The van der Waals surface area contributed by atoms with Gasteiger partial charge in [0.2, 0.25) is 11.8 Å². The number of aromatic nitrogens is 1. The minimum atomic E-state index is -0.382. The number of hydrogen-bond donors (Lipinski definition) is 1. The number of hydrogen-bond acceptors (Lipinski definition) is 4. The Morgan fingerprint density at radius 3 is 2.85 bits per heavy atom. The highest BCUT2D eigenvalue weighted by atomic mass is 16.3. The topological polar surface area (TPSA) is 75.4 Å². The molecule has 6 nitrogen and oxygen atoms in total. The molecular weight excluding hydrogens is 342 g/mol. The molecule has 2 aromatic carbocycles. The van der Waals surface area contributed by atoms with Crippen LogP contribution in [0.5, 0.6) is 0 Å². The molecule has 1 aliphatic rings. The van der Waals surface area contributed by atoms with Crippen molar-refractivity contribution in [1.82, 2.24) is 4.98 Å². The second kappa shape index (κ2) is 6.54. The van der Waals surface area contributed by atoms with Crippen molar-refractivity contribution in [2.45, 2.75) is 27.2 Å². The van der Waals surface area contributed by atoms with Gasteiger partial charge in [0, 0.05) is 31.3 Å². The Balaban J connectivity index is 1.52. The molecule has 0 saturated carbocycles. The second-order valence-corrected chi connectivity index (χ2v) is 7.03. The SMILES string of the molecule is Cc1nc2cc(N3C[C@H](C(=O)Nc4cccc(C)c4C)CC3=O)ccc2o1. The summed E-state index contributed by atoms with van der Waals surface area (Å²) in [5.41, 5.74) is 5.09. The number of nitrogens with zero attached hydrogens (tertiary/aromatic N) is 2. The molecule has 2 heterocycles. The molecule has 3 aromatic rings. The van der Waals surface area contributed by atoms with E-state index in [9.17, 15) is 9.59 Å². The first-order valence-corrected chi connectivity index (χ1v) is 8.97. The molecule has 4 rings (SSSR count). The van der Waals surface area contributed by atoms with Gasteiger partial charge in [-0.2, -0.15) is 0 Å². The predicted octanol–water partition coefficient (Wildman–Crippen LogP) is 3.74. The summed E-state index contributed by atoms with van der Waals surface area (Å²) >= 11 is 0. The van der Waals surface area contributed by atoms with Gasteiger partial charge in [0.25, 0.3) is 0 Å². The molecule has 0 radical (unpaired) electrons. The molecule has 1 fully saturated rings. The van der Waals surface area contributed by atoms with Crippen LogP contribution in [0.2, 0.25) is 0 Å². The van der Waals surface area contributed by atoms with Gasteiger partial charge in [-0.15, -0.1) is 0 Å². The van der Waals surface area contributed by atoms with Crippen LogP contribution in [0.1, 0.15) is 23.4 Å². The van der Waals surface area contributed by atoms with E-state index < -0.39 is 0 Å². The number of rotatable bonds is 3. The van der Waals surface area contributed by atoms with E-state index in [1.165, 1.54) is 0 Å². The summed E-state index contributed by atoms with van der Waals surface area (Å²) in [6, 6.07) is 11.3. The maximum atomic E-state index is 12.7. The molecule has 27 heavy (non-hydrogen) atoms.